The normalized spacial score (nSPS) is 10.9. The first-order valence-corrected chi connectivity index (χ1v) is 9.60. The Labute approximate surface area is 167 Å². The Hall–Kier alpha value is -3.43. The molecule has 0 unspecified atom stereocenters. The van der Waals surface area contributed by atoms with E-state index in [1.165, 1.54) is 0 Å². The molecule has 0 saturated carbocycles. The molecule has 1 aromatic heterocycles. The summed E-state index contributed by atoms with van der Waals surface area (Å²) in [6, 6.07) is 18.8. The average molecular weight is 389 g/mol. The van der Waals surface area contributed by atoms with Crippen LogP contribution in [0.4, 0.5) is 0 Å². The second kappa shape index (κ2) is 9.49. The summed E-state index contributed by atoms with van der Waals surface area (Å²) in [4.78, 5) is 16.6. The highest BCUT2D eigenvalue weighted by Gasteiger charge is 2.09. The second-order valence-electron chi connectivity index (χ2n) is 6.05. The van der Waals surface area contributed by atoms with E-state index in [1.807, 2.05) is 73.0 Å². The van der Waals surface area contributed by atoms with E-state index >= 15 is 0 Å². The van der Waals surface area contributed by atoms with Crippen molar-refractivity contribution in [2.75, 3.05) is 0 Å². The van der Waals surface area contributed by atoms with Gasteiger partial charge in [0.15, 0.2) is 0 Å². The third-order valence-electron chi connectivity index (χ3n) is 3.91. The Morgan fingerprint density at radius 3 is 2.61 bits per heavy atom. The lowest BCUT2D eigenvalue weighted by molar-refractivity contribution is -0.117. The maximum atomic E-state index is 12.2. The fourth-order valence-corrected chi connectivity index (χ4v) is 3.08. The number of hydrogen-bond acceptors (Lipinski definition) is 5. The van der Waals surface area contributed by atoms with Gasteiger partial charge in [-0.05, 0) is 36.3 Å². The number of carbonyl (C=O) groups excluding carboxylic acids is 1. The van der Waals surface area contributed by atoms with Gasteiger partial charge < -0.3 is 10.1 Å². The summed E-state index contributed by atoms with van der Waals surface area (Å²) < 4.78 is 5.71. The maximum absolute atomic E-state index is 12.2. The average Bonchev–Trinajstić information content (AvgIpc) is 3.15. The van der Waals surface area contributed by atoms with Crippen molar-refractivity contribution in [2.45, 2.75) is 20.1 Å². The molecule has 2 aromatic carbocycles. The number of hydrogen-bond donors (Lipinski definition) is 1. The van der Waals surface area contributed by atoms with Crippen LogP contribution in [0.15, 0.2) is 65.6 Å². The summed E-state index contributed by atoms with van der Waals surface area (Å²) in [7, 11) is 0. The lowest BCUT2D eigenvalue weighted by Gasteiger charge is -2.06. The summed E-state index contributed by atoms with van der Waals surface area (Å²) in [5.41, 5.74) is 2.68. The summed E-state index contributed by atoms with van der Waals surface area (Å²) >= 11 is 1.59. The number of aromatic nitrogens is 1. The minimum atomic E-state index is -0.398. The zero-order chi connectivity index (χ0) is 19.8. The number of thiazole rings is 1. The molecule has 0 radical (unpaired) electrons. The van der Waals surface area contributed by atoms with Crippen LogP contribution in [0, 0.1) is 18.3 Å². The molecule has 28 heavy (non-hydrogen) atoms. The maximum Gasteiger partial charge on any atom is 0.262 e. The van der Waals surface area contributed by atoms with E-state index in [0.29, 0.717) is 18.9 Å². The van der Waals surface area contributed by atoms with Crippen LogP contribution >= 0.6 is 11.3 Å². The molecular formula is C22H19N3O2S. The van der Waals surface area contributed by atoms with E-state index in [1.54, 1.807) is 17.4 Å². The third kappa shape index (κ3) is 5.53. The second-order valence-corrected chi connectivity index (χ2v) is 7.12. The topological polar surface area (TPSA) is 75.0 Å². The van der Waals surface area contributed by atoms with Gasteiger partial charge >= 0.3 is 0 Å². The fraction of sp³-hybridized carbons (Fsp3) is 0.136. The van der Waals surface area contributed by atoms with Gasteiger partial charge in [-0.1, -0.05) is 42.5 Å². The lowest BCUT2D eigenvalue weighted by atomic mass is 10.1. The molecule has 6 heteroatoms. The predicted octanol–water partition coefficient (Wildman–Crippen LogP) is 4.25. The van der Waals surface area contributed by atoms with Crippen molar-refractivity contribution in [3.05, 3.63) is 87.4 Å². The van der Waals surface area contributed by atoms with Gasteiger partial charge in [0, 0.05) is 11.9 Å². The van der Waals surface area contributed by atoms with E-state index in [4.69, 9.17) is 4.74 Å². The molecule has 0 bridgehead atoms. The third-order valence-corrected chi connectivity index (χ3v) is 4.73. The van der Waals surface area contributed by atoms with Gasteiger partial charge in [-0.15, -0.1) is 11.3 Å². The first-order chi connectivity index (χ1) is 13.6. The molecule has 1 heterocycles. The number of amides is 1. The summed E-state index contributed by atoms with van der Waals surface area (Å²) in [6.07, 6.45) is 1.56. The molecule has 1 N–H and O–H groups in total. The smallest absolute Gasteiger partial charge is 0.262 e. The van der Waals surface area contributed by atoms with Crippen LogP contribution in [0.3, 0.4) is 0 Å². The lowest BCUT2D eigenvalue weighted by Crippen LogP contribution is -2.23. The van der Waals surface area contributed by atoms with Crippen LogP contribution < -0.4 is 10.1 Å². The molecule has 1 amide bonds. The molecular weight excluding hydrogens is 370 g/mol. The van der Waals surface area contributed by atoms with Crippen molar-refractivity contribution in [3.8, 4) is 11.8 Å². The molecule has 0 aliphatic carbocycles. The van der Waals surface area contributed by atoms with Crippen molar-refractivity contribution in [2.24, 2.45) is 0 Å². The molecule has 0 fully saturated rings. The number of rotatable bonds is 7. The van der Waals surface area contributed by atoms with Gasteiger partial charge in [0.2, 0.25) is 0 Å². The zero-order valence-corrected chi connectivity index (χ0v) is 16.2. The predicted molar refractivity (Wildman–Crippen MR) is 110 cm³/mol. The number of nitrogens with zero attached hydrogens (tertiary/aromatic N) is 2. The molecule has 0 aliphatic rings. The van der Waals surface area contributed by atoms with E-state index in [0.717, 1.165) is 21.8 Å². The molecule has 5 nitrogen and oxygen atoms in total. The highest BCUT2D eigenvalue weighted by Crippen LogP contribution is 2.17. The molecule has 0 saturated heterocycles. The Morgan fingerprint density at radius 1 is 1.21 bits per heavy atom. The first kappa shape index (κ1) is 19.3. The van der Waals surface area contributed by atoms with Crippen molar-refractivity contribution in [1.29, 1.82) is 5.26 Å². The van der Waals surface area contributed by atoms with Gasteiger partial charge in [0.25, 0.3) is 5.91 Å². The van der Waals surface area contributed by atoms with Gasteiger partial charge in [-0.25, -0.2) is 4.98 Å². The fourth-order valence-electron chi connectivity index (χ4n) is 2.48. The van der Waals surface area contributed by atoms with Gasteiger partial charge in [0.05, 0.1) is 10.7 Å². The molecule has 140 valence electrons. The molecule has 0 aliphatic heterocycles. The van der Waals surface area contributed by atoms with Crippen LogP contribution in [-0.4, -0.2) is 10.9 Å². The molecule has 0 spiro atoms. The van der Waals surface area contributed by atoms with Crippen LogP contribution in [0.1, 0.15) is 21.8 Å². The van der Waals surface area contributed by atoms with Crippen LogP contribution in [-0.2, 0) is 17.9 Å². The van der Waals surface area contributed by atoms with Crippen LogP contribution in [0.25, 0.3) is 6.08 Å². The van der Waals surface area contributed by atoms with E-state index in [-0.39, 0.29) is 5.57 Å². The van der Waals surface area contributed by atoms with E-state index < -0.39 is 5.91 Å². The van der Waals surface area contributed by atoms with Gasteiger partial charge in [-0.2, -0.15) is 5.26 Å². The van der Waals surface area contributed by atoms with Crippen LogP contribution in [0.5, 0.6) is 5.75 Å². The Bertz CT molecular complexity index is 1000. The highest BCUT2D eigenvalue weighted by atomic mass is 32.1. The minimum Gasteiger partial charge on any atom is -0.487 e. The monoisotopic (exact) mass is 389 g/mol. The standard InChI is InChI=1S/C22H19N3O2S/c1-16-25-20(15-28-16)14-27-21-9-7-17(8-10-21)11-19(12-23)22(26)24-13-18-5-3-2-4-6-18/h2-11,15H,13-14H2,1H3,(H,24,26)/b19-11+. The number of aryl methyl sites for hydroxylation is 1. The first-order valence-electron chi connectivity index (χ1n) is 8.72. The number of benzene rings is 2. The quantitative estimate of drug-likeness (QED) is 0.484. The summed E-state index contributed by atoms with van der Waals surface area (Å²) in [5.74, 6) is 0.306. The van der Waals surface area contributed by atoms with Crippen molar-refractivity contribution in [3.63, 3.8) is 0 Å². The van der Waals surface area contributed by atoms with Gasteiger partial charge in [0.1, 0.15) is 24.0 Å². The summed E-state index contributed by atoms with van der Waals surface area (Å²) in [5, 5.41) is 15.1. The van der Waals surface area contributed by atoms with Crippen molar-refractivity contribution in [1.82, 2.24) is 10.3 Å². The van der Waals surface area contributed by atoms with Crippen molar-refractivity contribution < 1.29 is 9.53 Å². The molecule has 3 rings (SSSR count). The Morgan fingerprint density at radius 2 is 1.96 bits per heavy atom. The molecule has 0 atom stereocenters. The Kier molecular flexibility index (Phi) is 6.55. The number of carbonyl (C=O) groups is 1. The van der Waals surface area contributed by atoms with E-state index in [2.05, 4.69) is 10.3 Å². The Balaban J connectivity index is 1.58. The van der Waals surface area contributed by atoms with Crippen molar-refractivity contribution >= 4 is 23.3 Å². The van der Waals surface area contributed by atoms with Crippen LogP contribution in [0.2, 0.25) is 0 Å². The molecule has 3 aromatic rings. The SMILES string of the molecule is Cc1nc(COc2ccc(/C=C(\C#N)C(=O)NCc3ccccc3)cc2)cs1. The number of ether oxygens (including phenoxy) is 1. The van der Waals surface area contributed by atoms with E-state index in [9.17, 15) is 10.1 Å². The zero-order valence-electron chi connectivity index (χ0n) is 15.4. The highest BCUT2D eigenvalue weighted by molar-refractivity contribution is 7.09. The minimum absolute atomic E-state index is 0.0579. The largest absolute Gasteiger partial charge is 0.487 e. The van der Waals surface area contributed by atoms with Gasteiger partial charge in [-0.3, -0.25) is 4.79 Å². The summed E-state index contributed by atoms with van der Waals surface area (Å²) in [6.45, 7) is 2.74. The number of nitrogens with one attached hydrogen (secondary N) is 1. The number of nitriles is 1.